The van der Waals surface area contributed by atoms with Crippen LogP contribution in [-0.4, -0.2) is 22.1 Å². The van der Waals surface area contributed by atoms with Gasteiger partial charge in [0.05, 0.1) is 0 Å². The number of carboxylic acid groups (broad SMARTS) is 1. The number of carboxylic acids is 1. The Labute approximate surface area is 78.0 Å². The Balaban J connectivity index is 3.74. The Morgan fingerprint density at radius 1 is 1.58 bits per heavy atom. The topological polar surface area (TPSA) is 37.3 Å². The van der Waals surface area contributed by atoms with Crippen LogP contribution in [0.2, 0.25) is 0 Å². The predicted octanol–water partition coefficient (Wildman–Crippen LogP) is 2.55. The SMILES string of the molecule is CCC(SCC=C(C)C)C(=O)O. The van der Waals surface area contributed by atoms with Gasteiger partial charge in [-0.05, 0) is 20.3 Å². The van der Waals surface area contributed by atoms with Crippen molar-refractivity contribution in [2.45, 2.75) is 32.4 Å². The normalized spacial score (nSPS) is 12.2. The molecule has 1 N–H and O–H groups in total. The second-order valence-electron chi connectivity index (χ2n) is 2.85. The summed E-state index contributed by atoms with van der Waals surface area (Å²) >= 11 is 1.48. The highest BCUT2D eigenvalue weighted by Gasteiger charge is 2.13. The number of carbonyl (C=O) groups is 1. The van der Waals surface area contributed by atoms with Crippen molar-refractivity contribution in [3.05, 3.63) is 11.6 Å². The van der Waals surface area contributed by atoms with Gasteiger partial charge in [0, 0.05) is 5.75 Å². The van der Waals surface area contributed by atoms with Crippen molar-refractivity contribution in [1.29, 1.82) is 0 Å². The van der Waals surface area contributed by atoms with Crippen molar-refractivity contribution in [1.82, 2.24) is 0 Å². The van der Waals surface area contributed by atoms with Crippen LogP contribution in [0.15, 0.2) is 11.6 Å². The third kappa shape index (κ3) is 5.24. The first kappa shape index (κ1) is 11.6. The Kier molecular flexibility index (Phi) is 5.89. The van der Waals surface area contributed by atoms with Gasteiger partial charge in [-0.1, -0.05) is 18.6 Å². The van der Waals surface area contributed by atoms with E-state index in [4.69, 9.17) is 5.11 Å². The maximum Gasteiger partial charge on any atom is 0.316 e. The van der Waals surface area contributed by atoms with Crippen LogP contribution in [-0.2, 0) is 4.79 Å². The molecule has 12 heavy (non-hydrogen) atoms. The van der Waals surface area contributed by atoms with E-state index in [0.29, 0.717) is 6.42 Å². The Bertz CT molecular complexity index is 171. The summed E-state index contributed by atoms with van der Waals surface area (Å²) in [6.07, 6.45) is 2.74. The molecule has 0 rings (SSSR count). The fraction of sp³-hybridized carbons (Fsp3) is 0.667. The molecule has 3 heteroatoms. The first-order chi connectivity index (χ1) is 5.57. The second-order valence-corrected chi connectivity index (χ2v) is 4.09. The van der Waals surface area contributed by atoms with E-state index in [1.54, 1.807) is 0 Å². The smallest absolute Gasteiger partial charge is 0.316 e. The molecule has 0 spiro atoms. The first-order valence-corrected chi connectivity index (χ1v) is 5.10. The fourth-order valence-corrected chi connectivity index (χ4v) is 1.73. The number of hydrogen-bond acceptors (Lipinski definition) is 2. The van der Waals surface area contributed by atoms with Gasteiger partial charge in [0.25, 0.3) is 0 Å². The lowest BCUT2D eigenvalue weighted by molar-refractivity contribution is -0.136. The van der Waals surface area contributed by atoms with Crippen LogP contribution in [0.1, 0.15) is 27.2 Å². The zero-order chi connectivity index (χ0) is 9.56. The van der Waals surface area contributed by atoms with Gasteiger partial charge in [-0.25, -0.2) is 0 Å². The van der Waals surface area contributed by atoms with Gasteiger partial charge in [-0.3, -0.25) is 4.79 Å². The van der Waals surface area contributed by atoms with E-state index in [9.17, 15) is 4.79 Å². The van der Waals surface area contributed by atoms with Crippen LogP contribution in [0.25, 0.3) is 0 Å². The maximum absolute atomic E-state index is 10.6. The molecule has 0 fully saturated rings. The van der Waals surface area contributed by atoms with Crippen molar-refractivity contribution in [2.75, 3.05) is 5.75 Å². The van der Waals surface area contributed by atoms with Gasteiger partial charge in [-0.15, -0.1) is 11.8 Å². The zero-order valence-corrected chi connectivity index (χ0v) is 8.65. The summed E-state index contributed by atoms with van der Waals surface area (Å²) in [6, 6.07) is 0. The minimum absolute atomic E-state index is 0.249. The summed E-state index contributed by atoms with van der Waals surface area (Å²) in [7, 11) is 0. The summed E-state index contributed by atoms with van der Waals surface area (Å²) in [6.45, 7) is 5.93. The van der Waals surface area contributed by atoms with E-state index >= 15 is 0 Å². The molecule has 0 saturated carbocycles. The lowest BCUT2D eigenvalue weighted by Crippen LogP contribution is -2.15. The van der Waals surface area contributed by atoms with E-state index in [2.05, 4.69) is 6.08 Å². The Morgan fingerprint density at radius 2 is 2.17 bits per heavy atom. The van der Waals surface area contributed by atoms with Crippen LogP contribution in [0.5, 0.6) is 0 Å². The molecule has 1 unspecified atom stereocenters. The number of allylic oxidation sites excluding steroid dienone is 1. The molecule has 0 amide bonds. The molecule has 0 radical (unpaired) electrons. The highest BCUT2D eigenvalue weighted by atomic mass is 32.2. The molecule has 1 atom stereocenters. The van der Waals surface area contributed by atoms with Crippen LogP contribution >= 0.6 is 11.8 Å². The van der Waals surface area contributed by atoms with Crippen LogP contribution in [0.3, 0.4) is 0 Å². The summed E-state index contributed by atoms with van der Waals surface area (Å²) in [5, 5.41) is 8.45. The first-order valence-electron chi connectivity index (χ1n) is 4.05. The largest absolute Gasteiger partial charge is 0.480 e. The van der Waals surface area contributed by atoms with E-state index < -0.39 is 5.97 Å². The van der Waals surface area contributed by atoms with Crippen molar-refractivity contribution in [3.8, 4) is 0 Å². The van der Waals surface area contributed by atoms with E-state index in [-0.39, 0.29) is 5.25 Å². The van der Waals surface area contributed by atoms with Gasteiger partial charge in [0.1, 0.15) is 5.25 Å². The number of rotatable bonds is 5. The standard InChI is InChI=1S/C9H16O2S/c1-4-8(9(10)11)12-6-5-7(2)3/h5,8H,4,6H2,1-3H3,(H,10,11). The molecular weight excluding hydrogens is 172 g/mol. The third-order valence-electron chi connectivity index (χ3n) is 1.44. The van der Waals surface area contributed by atoms with Crippen molar-refractivity contribution in [3.63, 3.8) is 0 Å². The van der Waals surface area contributed by atoms with Crippen molar-refractivity contribution < 1.29 is 9.90 Å². The van der Waals surface area contributed by atoms with Crippen LogP contribution < -0.4 is 0 Å². The average Bonchev–Trinajstić information content (AvgIpc) is 1.96. The van der Waals surface area contributed by atoms with Gasteiger partial charge in [-0.2, -0.15) is 0 Å². The molecule has 0 bridgehead atoms. The van der Waals surface area contributed by atoms with Crippen molar-refractivity contribution in [2.24, 2.45) is 0 Å². The molecule has 0 aromatic carbocycles. The molecule has 2 nitrogen and oxygen atoms in total. The molecule has 0 aromatic heterocycles. The Hall–Kier alpha value is -0.440. The summed E-state index contributed by atoms with van der Waals surface area (Å²) < 4.78 is 0. The summed E-state index contributed by atoms with van der Waals surface area (Å²) in [5.74, 6) is 0.0947. The lowest BCUT2D eigenvalue weighted by Gasteiger charge is -2.06. The highest BCUT2D eigenvalue weighted by Crippen LogP contribution is 2.15. The molecule has 0 aromatic rings. The molecule has 0 heterocycles. The average molecular weight is 188 g/mol. The van der Waals surface area contributed by atoms with E-state index in [1.807, 2.05) is 20.8 Å². The van der Waals surface area contributed by atoms with Crippen molar-refractivity contribution >= 4 is 17.7 Å². The second kappa shape index (κ2) is 6.12. The maximum atomic E-state index is 10.6. The number of thioether (sulfide) groups is 1. The van der Waals surface area contributed by atoms with E-state index in [0.717, 1.165) is 5.75 Å². The quantitative estimate of drug-likeness (QED) is 0.674. The minimum atomic E-state index is -0.704. The molecule has 0 saturated heterocycles. The van der Waals surface area contributed by atoms with Crippen LogP contribution in [0, 0.1) is 0 Å². The molecule has 0 aliphatic heterocycles. The lowest BCUT2D eigenvalue weighted by atomic mass is 10.3. The highest BCUT2D eigenvalue weighted by molar-refractivity contribution is 8.00. The third-order valence-corrected chi connectivity index (χ3v) is 2.73. The number of hydrogen-bond donors (Lipinski definition) is 1. The fourth-order valence-electron chi connectivity index (χ4n) is 0.695. The molecule has 0 aliphatic rings. The van der Waals surface area contributed by atoms with Gasteiger partial charge >= 0.3 is 5.97 Å². The monoisotopic (exact) mass is 188 g/mol. The van der Waals surface area contributed by atoms with E-state index in [1.165, 1.54) is 17.3 Å². The molecule has 0 aliphatic carbocycles. The summed E-state index contributed by atoms with van der Waals surface area (Å²) in [4.78, 5) is 10.6. The Morgan fingerprint density at radius 3 is 2.50 bits per heavy atom. The summed E-state index contributed by atoms with van der Waals surface area (Å²) in [5.41, 5.74) is 1.24. The minimum Gasteiger partial charge on any atom is -0.480 e. The van der Waals surface area contributed by atoms with Crippen LogP contribution in [0.4, 0.5) is 0 Å². The van der Waals surface area contributed by atoms with Gasteiger partial charge < -0.3 is 5.11 Å². The zero-order valence-electron chi connectivity index (χ0n) is 7.83. The number of aliphatic carboxylic acids is 1. The molecule has 70 valence electrons. The van der Waals surface area contributed by atoms with Gasteiger partial charge in [0.2, 0.25) is 0 Å². The predicted molar refractivity (Wildman–Crippen MR) is 53.6 cm³/mol. The molecular formula is C9H16O2S. The van der Waals surface area contributed by atoms with Gasteiger partial charge in [0.15, 0.2) is 0 Å².